The third kappa shape index (κ3) is 4.39. The smallest absolute Gasteiger partial charge is 0.412 e. The van der Waals surface area contributed by atoms with Gasteiger partial charge in [-0.15, -0.1) is 0 Å². The van der Waals surface area contributed by atoms with Gasteiger partial charge in [0.1, 0.15) is 5.82 Å². The normalized spacial score (nSPS) is 15.4. The number of hydrogen-bond donors (Lipinski definition) is 2. The lowest BCUT2D eigenvalue weighted by molar-refractivity contribution is -0.143. The van der Waals surface area contributed by atoms with Gasteiger partial charge in [-0.05, 0) is 43.5 Å². The quantitative estimate of drug-likeness (QED) is 0.536. The molecule has 0 radical (unpaired) electrons. The topological polar surface area (TPSA) is 100 Å². The van der Waals surface area contributed by atoms with Gasteiger partial charge < -0.3 is 15.3 Å². The van der Waals surface area contributed by atoms with E-state index in [9.17, 15) is 32.3 Å². The van der Waals surface area contributed by atoms with Crippen LogP contribution in [0.1, 0.15) is 41.4 Å². The largest absolute Gasteiger partial charge is 0.476 e. The molecule has 1 atom stereocenters. The number of pyridine rings is 1. The first-order valence-electron chi connectivity index (χ1n) is 10.5. The van der Waals surface area contributed by atoms with Crippen molar-refractivity contribution in [2.24, 2.45) is 7.05 Å². The Kier molecular flexibility index (Phi) is 6.15. The number of piperidine rings is 1. The molecule has 1 aliphatic rings. The van der Waals surface area contributed by atoms with Gasteiger partial charge in [0.25, 0.3) is 5.56 Å². The lowest BCUT2D eigenvalue weighted by Crippen LogP contribution is -2.36. The third-order valence-electron chi connectivity index (χ3n) is 5.74. The molecule has 1 aliphatic heterocycles. The Bertz CT molecular complexity index is 1300. The van der Waals surface area contributed by atoms with E-state index in [1.165, 1.54) is 17.7 Å². The number of nitrogens with zero attached hydrogens (tertiary/aromatic N) is 4. The highest BCUT2D eigenvalue weighted by molar-refractivity contribution is 5.92. The molecule has 2 aromatic heterocycles. The molecule has 0 amide bonds. The fraction of sp³-hybridized carbons (Fsp3) is 0.364. The maximum absolute atomic E-state index is 14.5. The summed E-state index contributed by atoms with van der Waals surface area (Å²) in [7, 11) is 1.44. The van der Waals surface area contributed by atoms with E-state index in [1.54, 1.807) is 0 Å². The van der Waals surface area contributed by atoms with Crippen molar-refractivity contribution in [3.8, 4) is 0 Å². The molecule has 0 spiro atoms. The van der Waals surface area contributed by atoms with Crippen LogP contribution in [0.15, 0.2) is 35.3 Å². The van der Waals surface area contributed by atoms with Crippen LogP contribution in [0.25, 0.3) is 10.9 Å². The molecule has 3 heterocycles. The fourth-order valence-electron chi connectivity index (χ4n) is 4.14. The number of aromatic nitrogens is 3. The highest BCUT2D eigenvalue weighted by atomic mass is 19.4. The molecule has 34 heavy (non-hydrogen) atoms. The van der Waals surface area contributed by atoms with Crippen LogP contribution in [0.4, 0.5) is 29.2 Å². The van der Waals surface area contributed by atoms with Crippen LogP contribution in [0.2, 0.25) is 0 Å². The molecule has 0 saturated carbocycles. The van der Waals surface area contributed by atoms with Gasteiger partial charge in [0.2, 0.25) is 5.95 Å². The van der Waals surface area contributed by atoms with Gasteiger partial charge in [-0.3, -0.25) is 9.36 Å². The van der Waals surface area contributed by atoms with Crippen molar-refractivity contribution in [3.05, 3.63) is 57.9 Å². The Morgan fingerprint density at radius 1 is 1.21 bits per heavy atom. The first kappa shape index (κ1) is 23.5. The van der Waals surface area contributed by atoms with Gasteiger partial charge in [0.15, 0.2) is 11.7 Å². The maximum Gasteiger partial charge on any atom is 0.412 e. The van der Waals surface area contributed by atoms with Crippen LogP contribution in [-0.2, 0) is 7.05 Å². The fourth-order valence-corrected chi connectivity index (χ4v) is 4.14. The number of hydrogen-bond acceptors (Lipinski definition) is 6. The first-order chi connectivity index (χ1) is 16.1. The van der Waals surface area contributed by atoms with Gasteiger partial charge >= 0.3 is 12.1 Å². The zero-order valence-corrected chi connectivity index (χ0v) is 18.1. The van der Waals surface area contributed by atoms with E-state index in [4.69, 9.17) is 0 Å². The second-order valence-corrected chi connectivity index (χ2v) is 8.04. The second kappa shape index (κ2) is 8.92. The van der Waals surface area contributed by atoms with Gasteiger partial charge in [0, 0.05) is 31.9 Å². The molecular formula is C22H21F4N5O3. The van der Waals surface area contributed by atoms with E-state index in [2.05, 4.69) is 15.3 Å². The Balaban J connectivity index is 1.94. The van der Waals surface area contributed by atoms with Crippen LogP contribution >= 0.6 is 0 Å². The molecule has 2 N–H and O–H groups in total. The number of benzene rings is 1. The third-order valence-corrected chi connectivity index (χ3v) is 5.74. The number of carboxylic acids is 1. The Morgan fingerprint density at radius 2 is 1.91 bits per heavy atom. The average Bonchev–Trinajstić information content (AvgIpc) is 2.79. The van der Waals surface area contributed by atoms with E-state index in [0.29, 0.717) is 19.2 Å². The predicted molar refractivity (Wildman–Crippen MR) is 117 cm³/mol. The van der Waals surface area contributed by atoms with Crippen molar-refractivity contribution in [2.45, 2.75) is 31.5 Å². The minimum Gasteiger partial charge on any atom is -0.476 e. The summed E-state index contributed by atoms with van der Waals surface area (Å²) >= 11 is 0. The zero-order valence-electron chi connectivity index (χ0n) is 18.1. The molecule has 1 fully saturated rings. The number of halogens is 4. The highest BCUT2D eigenvalue weighted by Crippen LogP contribution is 2.39. The standard InChI is InChI=1S/C22H21F4N5O3/c1-30-19(32)14-11-12(23)10-13(16(14)29-21(30)31-8-3-2-4-9-31)18(22(24,25)26)28-15-6-5-7-27-17(15)20(33)34/h5-7,10-11,18,28H,2-4,8-9H2,1H3,(H,33,34)/t18-/m0/s1. The van der Waals surface area contributed by atoms with Crippen molar-refractivity contribution in [1.29, 1.82) is 0 Å². The number of anilines is 2. The molecule has 1 aromatic carbocycles. The number of aromatic carboxylic acids is 1. The van der Waals surface area contributed by atoms with E-state index in [1.807, 2.05) is 4.90 Å². The first-order valence-corrected chi connectivity index (χ1v) is 10.5. The molecule has 180 valence electrons. The minimum absolute atomic E-state index is 0.193. The maximum atomic E-state index is 14.5. The van der Waals surface area contributed by atoms with Gasteiger partial charge in [-0.25, -0.2) is 19.2 Å². The molecule has 0 bridgehead atoms. The zero-order chi connectivity index (χ0) is 24.6. The molecule has 12 heteroatoms. The van der Waals surface area contributed by atoms with E-state index in [0.717, 1.165) is 37.6 Å². The number of carbonyl (C=O) groups is 1. The van der Waals surface area contributed by atoms with Crippen LogP contribution in [-0.4, -0.2) is 44.9 Å². The molecule has 0 aliphatic carbocycles. The number of alkyl halides is 3. The van der Waals surface area contributed by atoms with Gasteiger partial charge in [-0.1, -0.05) is 0 Å². The Morgan fingerprint density at radius 3 is 2.56 bits per heavy atom. The minimum atomic E-state index is -4.99. The second-order valence-electron chi connectivity index (χ2n) is 8.04. The van der Waals surface area contributed by atoms with Gasteiger partial charge in [0.05, 0.1) is 16.6 Å². The van der Waals surface area contributed by atoms with Crippen LogP contribution in [0.5, 0.6) is 0 Å². The van der Waals surface area contributed by atoms with Crippen LogP contribution < -0.4 is 15.8 Å². The predicted octanol–water partition coefficient (Wildman–Crippen LogP) is 3.87. The van der Waals surface area contributed by atoms with Crippen molar-refractivity contribution in [2.75, 3.05) is 23.3 Å². The van der Waals surface area contributed by atoms with Crippen molar-refractivity contribution >= 4 is 28.5 Å². The number of nitrogens with one attached hydrogen (secondary N) is 1. The number of rotatable bonds is 5. The summed E-state index contributed by atoms with van der Waals surface area (Å²) < 4.78 is 58.4. The lowest BCUT2D eigenvalue weighted by atomic mass is 10.0. The summed E-state index contributed by atoms with van der Waals surface area (Å²) in [6.07, 6.45) is -1.18. The monoisotopic (exact) mass is 479 g/mol. The van der Waals surface area contributed by atoms with E-state index < -0.39 is 46.5 Å². The average molecular weight is 479 g/mol. The number of fused-ring (bicyclic) bond motifs is 1. The van der Waals surface area contributed by atoms with Crippen molar-refractivity contribution < 1.29 is 27.5 Å². The highest BCUT2D eigenvalue weighted by Gasteiger charge is 2.43. The Labute approximate surface area is 190 Å². The summed E-state index contributed by atoms with van der Waals surface area (Å²) in [5.41, 5.74) is -2.65. The van der Waals surface area contributed by atoms with E-state index in [-0.39, 0.29) is 16.9 Å². The van der Waals surface area contributed by atoms with Crippen LogP contribution in [0.3, 0.4) is 0 Å². The summed E-state index contributed by atoms with van der Waals surface area (Å²) in [5, 5.41) is 11.1. The summed E-state index contributed by atoms with van der Waals surface area (Å²) in [6, 6.07) is 1.36. The van der Waals surface area contributed by atoms with Gasteiger partial charge in [-0.2, -0.15) is 13.2 Å². The number of carboxylic acid groups (broad SMARTS) is 1. The van der Waals surface area contributed by atoms with Crippen molar-refractivity contribution in [1.82, 2.24) is 14.5 Å². The summed E-state index contributed by atoms with van der Waals surface area (Å²) in [4.78, 5) is 34.3. The molecule has 4 rings (SSSR count). The van der Waals surface area contributed by atoms with Crippen molar-refractivity contribution in [3.63, 3.8) is 0 Å². The molecule has 1 saturated heterocycles. The molecular weight excluding hydrogens is 458 g/mol. The SMILES string of the molecule is Cn1c(N2CCCCC2)nc2c([C@H](Nc3cccnc3C(=O)O)C(F)(F)F)cc(F)cc2c1=O. The van der Waals surface area contributed by atoms with Crippen LogP contribution in [0, 0.1) is 5.82 Å². The molecule has 8 nitrogen and oxygen atoms in total. The summed E-state index contributed by atoms with van der Waals surface area (Å²) in [6.45, 7) is 1.17. The lowest BCUT2D eigenvalue weighted by Gasteiger charge is -2.30. The Hall–Kier alpha value is -3.70. The summed E-state index contributed by atoms with van der Waals surface area (Å²) in [5.74, 6) is -2.39. The molecule has 0 unspecified atom stereocenters. The van der Waals surface area contributed by atoms with E-state index >= 15 is 0 Å². The molecule has 3 aromatic rings.